The minimum Gasteiger partial charge on any atom is -0.420 e. The van der Waals surface area contributed by atoms with E-state index < -0.39 is 5.92 Å². The van der Waals surface area contributed by atoms with Crippen LogP contribution in [0.5, 0.6) is 5.88 Å². The first-order valence-corrected chi connectivity index (χ1v) is 8.62. The van der Waals surface area contributed by atoms with Crippen molar-refractivity contribution in [3.63, 3.8) is 0 Å². The van der Waals surface area contributed by atoms with Gasteiger partial charge in [0.05, 0.1) is 11.4 Å². The molecule has 4 rings (SSSR count). The van der Waals surface area contributed by atoms with Gasteiger partial charge in [-0.1, -0.05) is 24.6 Å². The SMILES string of the molecule is CCc1ccc2nc(Cl)c(C3C(C#N)=C(N)Oc4n[nH]c(C)c43)cc2c1. The van der Waals surface area contributed by atoms with Crippen molar-refractivity contribution in [1.29, 1.82) is 5.26 Å². The van der Waals surface area contributed by atoms with E-state index in [4.69, 9.17) is 22.1 Å². The monoisotopic (exact) mass is 365 g/mol. The molecule has 7 heteroatoms. The quantitative estimate of drug-likeness (QED) is 0.674. The lowest BCUT2D eigenvalue weighted by atomic mass is 9.84. The Labute approximate surface area is 155 Å². The van der Waals surface area contributed by atoms with Gasteiger partial charge in [0.25, 0.3) is 0 Å². The van der Waals surface area contributed by atoms with Crippen LogP contribution in [0.3, 0.4) is 0 Å². The molecule has 1 atom stereocenters. The summed E-state index contributed by atoms with van der Waals surface area (Å²) in [6.07, 6.45) is 0.923. The number of rotatable bonds is 2. The number of nitrogens with zero attached hydrogens (tertiary/aromatic N) is 3. The van der Waals surface area contributed by atoms with Crippen molar-refractivity contribution in [2.24, 2.45) is 5.73 Å². The second-order valence-corrected chi connectivity index (χ2v) is 6.60. The Bertz CT molecular complexity index is 1110. The molecule has 0 bridgehead atoms. The van der Waals surface area contributed by atoms with Crippen LogP contribution in [0.4, 0.5) is 0 Å². The number of allylic oxidation sites excluding steroid dienone is 1. The maximum Gasteiger partial charge on any atom is 0.244 e. The van der Waals surface area contributed by atoms with Crippen LogP contribution in [-0.4, -0.2) is 15.2 Å². The molecule has 0 radical (unpaired) electrons. The molecule has 0 aliphatic carbocycles. The highest BCUT2D eigenvalue weighted by molar-refractivity contribution is 6.30. The highest BCUT2D eigenvalue weighted by Gasteiger charge is 2.35. The fraction of sp³-hybridized carbons (Fsp3) is 0.211. The number of benzene rings is 1. The first-order valence-electron chi connectivity index (χ1n) is 8.25. The van der Waals surface area contributed by atoms with E-state index in [-0.39, 0.29) is 5.88 Å². The third-order valence-electron chi connectivity index (χ3n) is 4.71. The summed E-state index contributed by atoms with van der Waals surface area (Å²) in [6.45, 7) is 3.97. The molecule has 26 heavy (non-hydrogen) atoms. The van der Waals surface area contributed by atoms with Gasteiger partial charge in [-0.2, -0.15) is 5.26 Å². The fourth-order valence-corrected chi connectivity index (χ4v) is 3.61. The van der Waals surface area contributed by atoms with E-state index in [9.17, 15) is 5.26 Å². The van der Waals surface area contributed by atoms with Gasteiger partial charge in [-0.25, -0.2) is 4.98 Å². The van der Waals surface area contributed by atoms with Crippen molar-refractivity contribution < 1.29 is 4.74 Å². The lowest BCUT2D eigenvalue weighted by Crippen LogP contribution is -2.21. The number of pyridine rings is 1. The number of fused-ring (bicyclic) bond motifs is 2. The van der Waals surface area contributed by atoms with Gasteiger partial charge in [-0.15, -0.1) is 5.10 Å². The molecule has 3 N–H and O–H groups in total. The average Bonchev–Trinajstić information content (AvgIpc) is 3.00. The van der Waals surface area contributed by atoms with E-state index >= 15 is 0 Å². The van der Waals surface area contributed by atoms with Gasteiger partial charge in [0, 0.05) is 22.2 Å². The Morgan fingerprint density at radius 2 is 2.19 bits per heavy atom. The smallest absolute Gasteiger partial charge is 0.244 e. The summed E-state index contributed by atoms with van der Waals surface area (Å²) in [7, 11) is 0. The number of hydrogen-bond donors (Lipinski definition) is 2. The zero-order chi connectivity index (χ0) is 18.4. The molecule has 6 nitrogen and oxygen atoms in total. The summed E-state index contributed by atoms with van der Waals surface area (Å²) in [6, 6.07) is 10.2. The van der Waals surface area contributed by atoms with Gasteiger partial charge in [0.15, 0.2) is 0 Å². The highest BCUT2D eigenvalue weighted by Crippen LogP contribution is 2.44. The molecule has 3 heterocycles. The lowest BCUT2D eigenvalue weighted by molar-refractivity contribution is 0.379. The number of nitrogens with one attached hydrogen (secondary N) is 1. The van der Waals surface area contributed by atoms with Gasteiger partial charge < -0.3 is 10.5 Å². The van der Waals surface area contributed by atoms with Crippen LogP contribution in [0, 0.1) is 18.3 Å². The summed E-state index contributed by atoms with van der Waals surface area (Å²) in [4.78, 5) is 4.53. The summed E-state index contributed by atoms with van der Waals surface area (Å²) in [5.41, 5.74) is 10.5. The van der Waals surface area contributed by atoms with Crippen LogP contribution >= 0.6 is 11.6 Å². The molecule has 2 aromatic heterocycles. The van der Waals surface area contributed by atoms with Gasteiger partial charge >= 0.3 is 0 Å². The Morgan fingerprint density at radius 3 is 2.92 bits per heavy atom. The average molecular weight is 366 g/mol. The van der Waals surface area contributed by atoms with Gasteiger partial charge in [0.1, 0.15) is 16.8 Å². The van der Waals surface area contributed by atoms with Crippen LogP contribution in [0.1, 0.15) is 35.2 Å². The number of aryl methyl sites for hydroxylation is 2. The summed E-state index contributed by atoms with van der Waals surface area (Å²) < 4.78 is 5.50. The van der Waals surface area contributed by atoms with E-state index in [0.717, 1.165) is 28.6 Å². The summed E-state index contributed by atoms with van der Waals surface area (Å²) in [5.74, 6) is -0.0744. The maximum atomic E-state index is 9.67. The zero-order valence-corrected chi connectivity index (χ0v) is 15.1. The molecule has 0 amide bonds. The molecule has 0 spiro atoms. The van der Waals surface area contributed by atoms with Crippen LogP contribution in [0.2, 0.25) is 5.15 Å². The number of ether oxygens (including phenoxy) is 1. The number of H-pyrrole nitrogens is 1. The van der Waals surface area contributed by atoms with Crippen molar-refractivity contribution in [2.75, 3.05) is 0 Å². The molecule has 1 aromatic carbocycles. The number of hydrogen-bond acceptors (Lipinski definition) is 5. The predicted octanol–water partition coefficient (Wildman–Crippen LogP) is 3.70. The van der Waals surface area contributed by atoms with E-state index in [1.165, 1.54) is 5.56 Å². The topological polar surface area (TPSA) is 101 Å². The lowest BCUT2D eigenvalue weighted by Gasteiger charge is -2.24. The van der Waals surface area contributed by atoms with Gasteiger partial charge in [-0.3, -0.25) is 5.10 Å². The number of aromatic nitrogens is 3. The van der Waals surface area contributed by atoms with Gasteiger partial charge in [0.2, 0.25) is 11.8 Å². The second kappa shape index (κ2) is 6.04. The Hall–Kier alpha value is -3.04. The first kappa shape index (κ1) is 16.4. The molecule has 1 aliphatic heterocycles. The molecule has 1 unspecified atom stereocenters. The minimum absolute atomic E-state index is 0.0370. The summed E-state index contributed by atoms with van der Waals surface area (Å²) in [5, 5.41) is 18.0. The summed E-state index contributed by atoms with van der Waals surface area (Å²) >= 11 is 6.51. The van der Waals surface area contributed by atoms with Crippen molar-refractivity contribution in [2.45, 2.75) is 26.2 Å². The van der Waals surface area contributed by atoms with Crippen LogP contribution < -0.4 is 10.5 Å². The highest BCUT2D eigenvalue weighted by atomic mass is 35.5. The second-order valence-electron chi connectivity index (χ2n) is 6.24. The molecule has 0 saturated carbocycles. The van der Waals surface area contributed by atoms with Crippen molar-refractivity contribution in [3.8, 4) is 11.9 Å². The maximum absolute atomic E-state index is 9.67. The molecule has 1 aliphatic rings. The van der Waals surface area contributed by atoms with Crippen LogP contribution in [-0.2, 0) is 6.42 Å². The van der Waals surface area contributed by atoms with Crippen molar-refractivity contribution in [1.82, 2.24) is 15.2 Å². The van der Waals surface area contributed by atoms with Crippen molar-refractivity contribution in [3.05, 3.63) is 63.3 Å². The molecule has 130 valence electrons. The number of aromatic amines is 1. The third-order valence-corrected chi connectivity index (χ3v) is 5.01. The largest absolute Gasteiger partial charge is 0.420 e. The first-order chi connectivity index (χ1) is 12.5. The third kappa shape index (κ3) is 2.40. The van der Waals surface area contributed by atoms with Gasteiger partial charge in [-0.05, 0) is 37.1 Å². The zero-order valence-electron chi connectivity index (χ0n) is 14.3. The van der Waals surface area contributed by atoms with E-state index in [2.05, 4.69) is 34.2 Å². The number of nitrogens with two attached hydrogens (primary N) is 1. The van der Waals surface area contributed by atoms with Crippen LogP contribution in [0.25, 0.3) is 10.9 Å². The Balaban J connectivity index is 2.00. The normalized spacial score (nSPS) is 16.3. The standard InChI is InChI=1S/C19H16ClN5O/c1-3-10-4-5-14-11(6-10)7-12(17(20)23-14)16-13(8-21)18(22)26-19-15(16)9(2)24-25-19/h4-7,16H,3,22H2,1-2H3,(H,24,25). The van der Waals surface area contributed by atoms with E-state index in [1.54, 1.807) is 0 Å². The molecule has 3 aromatic rings. The predicted molar refractivity (Wildman–Crippen MR) is 98.8 cm³/mol. The Morgan fingerprint density at radius 1 is 1.38 bits per heavy atom. The number of halogens is 1. The molecule has 0 saturated heterocycles. The molecule has 0 fully saturated rings. The minimum atomic E-state index is -0.475. The van der Waals surface area contributed by atoms with Crippen molar-refractivity contribution >= 4 is 22.5 Å². The Kier molecular flexibility index (Phi) is 3.82. The molecular formula is C19H16ClN5O. The van der Waals surface area contributed by atoms with E-state index in [0.29, 0.717) is 22.2 Å². The molecular weight excluding hydrogens is 350 g/mol. The van der Waals surface area contributed by atoms with E-state index in [1.807, 2.05) is 25.1 Å². The fourth-order valence-electron chi connectivity index (χ4n) is 3.35. The van der Waals surface area contributed by atoms with Crippen LogP contribution in [0.15, 0.2) is 35.7 Å². The number of nitriles is 1.